The highest BCUT2D eigenvalue weighted by Crippen LogP contribution is 2.29. The summed E-state index contributed by atoms with van der Waals surface area (Å²) < 4.78 is 10.1. The number of nitriles is 1. The highest BCUT2D eigenvalue weighted by molar-refractivity contribution is 5.90. The molecule has 1 saturated heterocycles. The highest BCUT2D eigenvalue weighted by atomic mass is 16.6. The molecular formula is C20H22N4O5. The third-order valence-electron chi connectivity index (χ3n) is 4.93. The van der Waals surface area contributed by atoms with E-state index in [4.69, 9.17) is 9.47 Å². The van der Waals surface area contributed by atoms with Gasteiger partial charge in [-0.05, 0) is 23.3 Å². The van der Waals surface area contributed by atoms with Gasteiger partial charge in [-0.3, -0.25) is 14.6 Å². The van der Waals surface area contributed by atoms with Crippen molar-refractivity contribution >= 4 is 29.2 Å². The number of rotatable bonds is 5. The summed E-state index contributed by atoms with van der Waals surface area (Å²) in [5.74, 6) is -0.622. The van der Waals surface area contributed by atoms with Gasteiger partial charge in [0.15, 0.2) is 6.19 Å². The molecule has 1 unspecified atom stereocenters. The fourth-order valence-electron chi connectivity index (χ4n) is 3.38. The van der Waals surface area contributed by atoms with Crippen molar-refractivity contribution in [1.29, 1.82) is 5.26 Å². The Bertz CT molecular complexity index is 874. The van der Waals surface area contributed by atoms with Crippen molar-refractivity contribution in [2.45, 2.75) is 25.5 Å². The van der Waals surface area contributed by atoms with Crippen LogP contribution in [-0.4, -0.2) is 61.8 Å². The Morgan fingerprint density at radius 3 is 2.69 bits per heavy atom. The lowest BCUT2D eigenvalue weighted by molar-refractivity contribution is -0.145. The van der Waals surface area contributed by atoms with Crippen molar-refractivity contribution in [3.63, 3.8) is 0 Å². The van der Waals surface area contributed by atoms with Gasteiger partial charge >= 0.3 is 12.1 Å². The SMILES string of the molecule is COC(=O)C1CC(c2ccc(N3C[C@H](CNC(C)=O)OC3=O)cc2)=CCN1C#N. The Morgan fingerprint density at radius 2 is 2.07 bits per heavy atom. The minimum atomic E-state index is -0.646. The topological polar surface area (TPSA) is 112 Å². The minimum absolute atomic E-state index is 0.176. The molecule has 152 valence electrons. The van der Waals surface area contributed by atoms with Crippen LogP contribution in [-0.2, 0) is 19.1 Å². The standard InChI is InChI=1S/C20H22N4O5/c1-13(25)22-10-17-11-24(20(27)29-17)16-5-3-14(4-6-16)15-7-8-23(12-21)18(9-15)19(26)28-2/h3-7,17-18H,8-11H2,1-2H3,(H,22,25)/t17-,18?/m0/s1. The smallest absolute Gasteiger partial charge is 0.414 e. The first-order valence-electron chi connectivity index (χ1n) is 9.19. The summed E-state index contributed by atoms with van der Waals surface area (Å²) in [7, 11) is 1.30. The summed E-state index contributed by atoms with van der Waals surface area (Å²) in [5.41, 5.74) is 2.53. The number of carbonyl (C=O) groups is 3. The summed E-state index contributed by atoms with van der Waals surface area (Å²) in [6.07, 6.45) is 3.43. The van der Waals surface area contributed by atoms with Gasteiger partial charge in [-0.1, -0.05) is 18.2 Å². The summed E-state index contributed by atoms with van der Waals surface area (Å²) >= 11 is 0. The fraction of sp³-hybridized carbons (Fsp3) is 0.400. The zero-order valence-electron chi connectivity index (χ0n) is 16.3. The van der Waals surface area contributed by atoms with E-state index < -0.39 is 24.2 Å². The molecule has 0 aliphatic carbocycles. The second-order valence-corrected chi connectivity index (χ2v) is 6.83. The van der Waals surface area contributed by atoms with Crippen molar-refractivity contribution in [2.24, 2.45) is 0 Å². The van der Waals surface area contributed by atoms with Gasteiger partial charge in [0.2, 0.25) is 5.91 Å². The predicted octanol–water partition coefficient (Wildman–Crippen LogP) is 1.26. The number of carbonyl (C=O) groups excluding carboxylic acids is 3. The van der Waals surface area contributed by atoms with Crippen LogP contribution in [0.1, 0.15) is 18.9 Å². The Morgan fingerprint density at radius 1 is 1.34 bits per heavy atom. The van der Waals surface area contributed by atoms with E-state index in [0.717, 1.165) is 11.1 Å². The van der Waals surface area contributed by atoms with E-state index >= 15 is 0 Å². The predicted molar refractivity (Wildman–Crippen MR) is 103 cm³/mol. The van der Waals surface area contributed by atoms with Crippen LogP contribution in [0.15, 0.2) is 30.3 Å². The number of nitrogens with one attached hydrogen (secondary N) is 1. The Kier molecular flexibility index (Phi) is 6.02. The van der Waals surface area contributed by atoms with Crippen LogP contribution >= 0.6 is 0 Å². The second-order valence-electron chi connectivity index (χ2n) is 6.83. The number of anilines is 1. The maximum Gasteiger partial charge on any atom is 0.414 e. The molecule has 9 heteroatoms. The van der Waals surface area contributed by atoms with Crippen LogP contribution in [0.25, 0.3) is 5.57 Å². The number of methoxy groups -OCH3 is 1. The van der Waals surface area contributed by atoms with Gasteiger partial charge in [-0.2, -0.15) is 5.26 Å². The molecule has 1 fully saturated rings. The van der Waals surface area contributed by atoms with Crippen LogP contribution in [0.4, 0.5) is 10.5 Å². The van der Waals surface area contributed by atoms with Crippen molar-refractivity contribution in [3.8, 4) is 6.19 Å². The molecule has 0 saturated carbocycles. The first-order chi connectivity index (χ1) is 13.9. The van der Waals surface area contributed by atoms with Crippen LogP contribution in [0.5, 0.6) is 0 Å². The number of cyclic esters (lactones) is 1. The van der Waals surface area contributed by atoms with Gasteiger partial charge < -0.3 is 14.8 Å². The highest BCUT2D eigenvalue weighted by Gasteiger charge is 2.33. The molecule has 9 nitrogen and oxygen atoms in total. The largest absolute Gasteiger partial charge is 0.467 e. The minimum Gasteiger partial charge on any atom is -0.467 e. The Labute approximate surface area is 168 Å². The number of esters is 1. The normalized spacial score (nSPS) is 21.1. The van der Waals surface area contributed by atoms with Crippen molar-refractivity contribution in [2.75, 3.05) is 31.6 Å². The average Bonchev–Trinajstić information content (AvgIpc) is 3.11. The Balaban J connectivity index is 1.70. The Hall–Kier alpha value is -3.54. The molecule has 2 atom stereocenters. The molecule has 1 aromatic carbocycles. The monoisotopic (exact) mass is 398 g/mol. The van der Waals surface area contributed by atoms with Crippen LogP contribution in [0.2, 0.25) is 0 Å². The van der Waals surface area contributed by atoms with Gasteiger partial charge in [0.1, 0.15) is 12.1 Å². The lowest BCUT2D eigenvalue weighted by Gasteiger charge is -2.29. The molecule has 2 aliphatic rings. The molecule has 2 aliphatic heterocycles. The maximum atomic E-state index is 12.1. The zero-order chi connectivity index (χ0) is 21.0. The van der Waals surface area contributed by atoms with Gasteiger partial charge in [0.25, 0.3) is 0 Å². The van der Waals surface area contributed by atoms with Crippen molar-refractivity contribution in [1.82, 2.24) is 10.2 Å². The van der Waals surface area contributed by atoms with E-state index in [-0.39, 0.29) is 12.5 Å². The van der Waals surface area contributed by atoms with E-state index in [1.807, 2.05) is 36.5 Å². The fourth-order valence-corrected chi connectivity index (χ4v) is 3.38. The molecule has 1 N–H and O–H groups in total. The summed E-state index contributed by atoms with van der Waals surface area (Å²) in [4.78, 5) is 38.0. The molecular weight excluding hydrogens is 376 g/mol. The van der Waals surface area contributed by atoms with E-state index in [1.54, 1.807) is 0 Å². The van der Waals surface area contributed by atoms with Crippen LogP contribution < -0.4 is 10.2 Å². The lowest BCUT2D eigenvalue weighted by atomic mass is 9.94. The van der Waals surface area contributed by atoms with E-state index in [1.165, 1.54) is 23.8 Å². The second kappa shape index (κ2) is 8.65. The number of hydrogen-bond donors (Lipinski definition) is 1. The van der Waals surface area contributed by atoms with E-state index in [2.05, 4.69) is 5.32 Å². The molecule has 2 heterocycles. The number of benzene rings is 1. The molecule has 3 rings (SSSR count). The van der Waals surface area contributed by atoms with Gasteiger partial charge in [0, 0.05) is 25.6 Å². The molecule has 29 heavy (non-hydrogen) atoms. The molecule has 0 spiro atoms. The maximum absolute atomic E-state index is 12.1. The number of amides is 2. The average molecular weight is 398 g/mol. The van der Waals surface area contributed by atoms with Crippen LogP contribution in [0, 0.1) is 11.5 Å². The van der Waals surface area contributed by atoms with E-state index in [9.17, 15) is 19.6 Å². The van der Waals surface area contributed by atoms with E-state index in [0.29, 0.717) is 25.2 Å². The summed E-state index contributed by atoms with van der Waals surface area (Å²) in [6.45, 7) is 2.36. The summed E-state index contributed by atoms with van der Waals surface area (Å²) in [6, 6.07) is 6.70. The molecule has 1 aromatic rings. The number of ether oxygens (including phenoxy) is 2. The van der Waals surface area contributed by atoms with Gasteiger partial charge in [-0.25, -0.2) is 9.59 Å². The summed E-state index contributed by atoms with van der Waals surface area (Å²) in [5, 5.41) is 11.8. The van der Waals surface area contributed by atoms with Crippen LogP contribution in [0.3, 0.4) is 0 Å². The number of hydrogen-bond acceptors (Lipinski definition) is 7. The van der Waals surface area contributed by atoms with Crippen molar-refractivity contribution < 1.29 is 23.9 Å². The number of nitrogens with zero attached hydrogens (tertiary/aromatic N) is 3. The molecule has 0 aromatic heterocycles. The van der Waals surface area contributed by atoms with Gasteiger partial charge in [-0.15, -0.1) is 0 Å². The third kappa shape index (κ3) is 4.48. The first-order valence-corrected chi connectivity index (χ1v) is 9.19. The van der Waals surface area contributed by atoms with Crippen molar-refractivity contribution in [3.05, 3.63) is 35.9 Å². The molecule has 2 amide bonds. The first kappa shape index (κ1) is 20.2. The van der Waals surface area contributed by atoms with Gasteiger partial charge in [0.05, 0.1) is 20.2 Å². The quantitative estimate of drug-likeness (QED) is 0.587. The molecule has 0 radical (unpaired) electrons. The molecule has 0 bridgehead atoms. The lowest BCUT2D eigenvalue weighted by Crippen LogP contribution is -2.41. The zero-order valence-corrected chi connectivity index (χ0v) is 16.3. The third-order valence-corrected chi connectivity index (χ3v) is 4.93.